The number of fused-ring (bicyclic) bond motifs is 1. The molecule has 2 heterocycles. The summed E-state index contributed by atoms with van der Waals surface area (Å²) in [5, 5.41) is 0.562. The zero-order valence-electron chi connectivity index (χ0n) is 16.8. The predicted molar refractivity (Wildman–Crippen MR) is 113 cm³/mol. The fraction of sp³-hybridized carbons (Fsp3) is 0.348. The van der Waals surface area contributed by atoms with Crippen LogP contribution in [0.15, 0.2) is 36.1 Å². The molecule has 0 amide bonds. The van der Waals surface area contributed by atoms with Crippen LogP contribution in [0.3, 0.4) is 0 Å². The van der Waals surface area contributed by atoms with Crippen LogP contribution in [0.5, 0.6) is 17.2 Å². The summed E-state index contributed by atoms with van der Waals surface area (Å²) < 4.78 is 17.3. The number of carbonyl (C=O) groups is 1. The highest BCUT2D eigenvalue weighted by molar-refractivity contribution is 6.32. The van der Waals surface area contributed by atoms with Crippen molar-refractivity contribution in [2.24, 2.45) is 0 Å². The molecule has 2 aliphatic rings. The molecule has 0 atom stereocenters. The monoisotopic (exact) mass is 413 g/mol. The molecular weight excluding hydrogens is 390 g/mol. The summed E-state index contributed by atoms with van der Waals surface area (Å²) in [5.41, 5.74) is 2.14. The van der Waals surface area contributed by atoms with Gasteiger partial charge in [0.15, 0.2) is 5.76 Å². The topological polar surface area (TPSA) is 48.0 Å². The van der Waals surface area contributed by atoms with Crippen molar-refractivity contribution in [2.75, 3.05) is 34.4 Å². The molecule has 4 rings (SSSR count). The molecule has 2 aliphatic heterocycles. The number of likely N-dealkylation sites (tertiary alicyclic amines) is 1. The second-order valence-electron chi connectivity index (χ2n) is 7.44. The molecule has 2 aromatic carbocycles. The minimum atomic E-state index is -0.200. The van der Waals surface area contributed by atoms with Crippen LogP contribution in [-0.2, 0) is 0 Å². The highest BCUT2D eigenvalue weighted by Gasteiger charge is 2.38. The molecule has 5 nitrogen and oxygen atoms in total. The Kier molecular flexibility index (Phi) is 5.52. The molecule has 0 unspecified atom stereocenters. The lowest BCUT2D eigenvalue weighted by atomic mass is 9.86. The van der Waals surface area contributed by atoms with E-state index in [1.54, 1.807) is 32.4 Å². The van der Waals surface area contributed by atoms with Crippen molar-refractivity contribution in [1.82, 2.24) is 4.90 Å². The number of piperidine rings is 1. The molecule has 1 saturated heterocycles. The Morgan fingerprint density at radius 1 is 1.14 bits per heavy atom. The SMILES string of the molecule is COc1cc(OC)c(C2CCN(C)CC2)c2c1C(=O)/C(=C/c1ccccc1Cl)O2. The van der Waals surface area contributed by atoms with Crippen molar-refractivity contribution in [2.45, 2.75) is 18.8 Å². The van der Waals surface area contributed by atoms with Gasteiger partial charge in [-0.05, 0) is 56.6 Å². The van der Waals surface area contributed by atoms with Crippen LogP contribution in [0.4, 0.5) is 0 Å². The molecule has 6 heteroatoms. The van der Waals surface area contributed by atoms with Gasteiger partial charge < -0.3 is 19.1 Å². The van der Waals surface area contributed by atoms with Gasteiger partial charge >= 0.3 is 0 Å². The molecule has 0 N–H and O–H groups in total. The largest absolute Gasteiger partial charge is 0.496 e. The van der Waals surface area contributed by atoms with Gasteiger partial charge in [-0.2, -0.15) is 0 Å². The van der Waals surface area contributed by atoms with Gasteiger partial charge in [-0.25, -0.2) is 0 Å². The van der Waals surface area contributed by atoms with E-state index in [-0.39, 0.29) is 17.5 Å². The average Bonchev–Trinajstić information content (AvgIpc) is 3.05. The lowest BCUT2D eigenvalue weighted by Crippen LogP contribution is -2.29. The molecule has 0 aromatic heterocycles. The van der Waals surface area contributed by atoms with Gasteiger partial charge in [0.25, 0.3) is 0 Å². The highest BCUT2D eigenvalue weighted by Crippen LogP contribution is 2.50. The fourth-order valence-electron chi connectivity index (χ4n) is 4.07. The number of hydrogen-bond donors (Lipinski definition) is 0. The number of ether oxygens (including phenoxy) is 3. The summed E-state index contributed by atoms with van der Waals surface area (Å²) in [6.07, 6.45) is 3.65. The van der Waals surface area contributed by atoms with Gasteiger partial charge in [0, 0.05) is 16.7 Å². The molecule has 0 radical (unpaired) electrons. The van der Waals surface area contributed by atoms with Gasteiger partial charge in [0.1, 0.15) is 22.8 Å². The number of Topliss-reactive ketones (excluding diaryl/α,β-unsaturated/α-hetero) is 1. The van der Waals surface area contributed by atoms with Crippen molar-refractivity contribution < 1.29 is 19.0 Å². The van der Waals surface area contributed by atoms with E-state index in [0.717, 1.165) is 37.1 Å². The van der Waals surface area contributed by atoms with Gasteiger partial charge in [-0.15, -0.1) is 0 Å². The number of carbonyl (C=O) groups excluding carboxylic acids is 1. The van der Waals surface area contributed by atoms with Gasteiger partial charge in [0.2, 0.25) is 5.78 Å². The lowest BCUT2D eigenvalue weighted by Gasteiger charge is -2.30. The zero-order valence-corrected chi connectivity index (χ0v) is 17.6. The van der Waals surface area contributed by atoms with Crippen molar-refractivity contribution in [1.29, 1.82) is 0 Å². The fourth-order valence-corrected chi connectivity index (χ4v) is 4.26. The normalized spacial score (nSPS) is 18.6. The Hall–Kier alpha value is -2.50. The third-order valence-electron chi connectivity index (χ3n) is 5.67. The van der Waals surface area contributed by atoms with Gasteiger partial charge in [0.05, 0.1) is 14.2 Å². The van der Waals surface area contributed by atoms with Crippen LogP contribution < -0.4 is 14.2 Å². The maximum atomic E-state index is 13.2. The molecule has 0 bridgehead atoms. The summed E-state index contributed by atoms with van der Waals surface area (Å²) in [5.74, 6) is 2.01. The Balaban J connectivity index is 1.82. The number of ketones is 1. The van der Waals surface area contributed by atoms with E-state index in [1.807, 2.05) is 18.2 Å². The summed E-state index contributed by atoms with van der Waals surface area (Å²) in [6.45, 7) is 1.98. The van der Waals surface area contributed by atoms with Crippen LogP contribution >= 0.6 is 11.6 Å². The number of allylic oxidation sites excluding steroid dienone is 1. The average molecular weight is 414 g/mol. The van der Waals surface area contributed by atoms with E-state index in [1.165, 1.54) is 0 Å². The Morgan fingerprint density at radius 2 is 1.83 bits per heavy atom. The molecule has 0 spiro atoms. The van der Waals surface area contributed by atoms with Crippen molar-refractivity contribution in [3.8, 4) is 17.2 Å². The van der Waals surface area contributed by atoms with E-state index in [9.17, 15) is 4.79 Å². The van der Waals surface area contributed by atoms with Crippen LogP contribution in [0.2, 0.25) is 5.02 Å². The number of methoxy groups -OCH3 is 2. The standard InChI is InChI=1S/C23H24ClNO4/c1-25-10-8-14(9-11-25)20-17(27-2)13-18(28-3)21-22(26)19(29-23(20)21)12-15-6-4-5-7-16(15)24/h4-7,12-14H,8-11H2,1-3H3/b19-12-. The molecule has 152 valence electrons. The van der Waals surface area contributed by atoms with Gasteiger partial charge in [-0.1, -0.05) is 29.8 Å². The summed E-state index contributed by atoms with van der Waals surface area (Å²) in [6, 6.07) is 9.16. The van der Waals surface area contributed by atoms with Crippen LogP contribution in [-0.4, -0.2) is 45.0 Å². The first-order chi connectivity index (χ1) is 14.0. The van der Waals surface area contributed by atoms with Crippen LogP contribution in [0.25, 0.3) is 6.08 Å². The van der Waals surface area contributed by atoms with E-state index >= 15 is 0 Å². The first kappa shape index (κ1) is 19.8. The number of benzene rings is 2. The Labute approximate surface area is 175 Å². The van der Waals surface area contributed by atoms with Crippen molar-refractivity contribution in [3.63, 3.8) is 0 Å². The van der Waals surface area contributed by atoms with E-state index in [4.69, 9.17) is 25.8 Å². The number of halogens is 1. The van der Waals surface area contributed by atoms with Crippen molar-refractivity contribution >= 4 is 23.5 Å². The van der Waals surface area contributed by atoms with Crippen molar-refractivity contribution in [3.05, 3.63) is 57.8 Å². The Bertz CT molecular complexity index is 977. The summed E-state index contributed by atoms with van der Waals surface area (Å²) in [4.78, 5) is 15.5. The molecule has 1 fully saturated rings. The summed E-state index contributed by atoms with van der Waals surface area (Å²) >= 11 is 6.27. The Morgan fingerprint density at radius 3 is 2.48 bits per heavy atom. The molecule has 29 heavy (non-hydrogen) atoms. The second-order valence-corrected chi connectivity index (χ2v) is 7.84. The summed E-state index contributed by atoms with van der Waals surface area (Å²) in [7, 11) is 5.31. The smallest absolute Gasteiger partial charge is 0.235 e. The number of nitrogens with zero attached hydrogens (tertiary/aromatic N) is 1. The molecule has 2 aromatic rings. The first-order valence-corrected chi connectivity index (χ1v) is 10.1. The lowest BCUT2D eigenvalue weighted by molar-refractivity contribution is 0.101. The third kappa shape index (κ3) is 3.61. The highest BCUT2D eigenvalue weighted by atomic mass is 35.5. The maximum Gasteiger partial charge on any atom is 0.235 e. The van der Waals surface area contributed by atoms with E-state index < -0.39 is 0 Å². The minimum absolute atomic E-state index is 0.200. The van der Waals surface area contributed by atoms with Crippen LogP contribution in [0, 0.1) is 0 Å². The van der Waals surface area contributed by atoms with E-state index in [2.05, 4.69) is 11.9 Å². The van der Waals surface area contributed by atoms with Crippen LogP contribution in [0.1, 0.15) is 40.2 Å². The third-order valence-corrected chi connectivity index (χ3v) is 6.01. The van der Waals surface area contributed by atoms with Gasteiger partial charge in [-0.3, -0.25) is 4.79 Å². The first-order valence-electron chi connectivity index (χ1n) is 9.69. The minimum Gasteiger partial charge on any atom is -0.496 e. The predicted octanol–water partition coefficient (Wildman–Crippen LogP) is 4.78. The molecule has 0 saturated carbocycles. The molecular formula is C23H24ClNO4. The maximum absolute atomic E-state index is 13.2. The van der Waals surface area contributed by atoms with E-state index in [0.29, 0.717) is 27.8 Å². The zero-order chi connectivity index (χ0) is 20.5. The number of hydrogen-bond acceptors (Lipinski definition) is 5. The molecule has 0 aliphatic carbocycles. The second kappa shape index (κ2) is 8.09. The quantitative estimate of drug-likeness (QED) is 0.675. The number of rotatable bonds is 4.